The van der Waals surface area contributed by atoms with E-state index in [1.807, 2.05) is 12.1 Å². The smallest absolute Gasteiger partial charge is 0.181 e. The van der Waals surface area contributed by atoms with Gasteiger partial charge in [-0.2, -0.15) is 10.2 Å². The van der Waals surface area contributed by atoms with Gasteiger partial charge >= 0.3 is 0 Å². The molecule has 0 unspecified atom stereocenters. The Bertz CT molecular complexity index is 1220. The number of fused-ring (bicyclic) bond motifs is 1. The molecule has 2 aromatic heterocycles. The summed E-state index contributed by atoms with van der Waals surface area (Å²) in [5.74, 6) is 0.491. The number of nitrogens with one attached hydrogen (secondary N) is 2. The summed E-state index contributed by atoms with van der Waals surface area (Å²) in [6.07, 6.45) is 4.37. The number of quaternary nitrogens is 1. The molecule has 0 bridgehead atoms. The largest absolute Gasteiger partial charge is 0.328 e. The molecule has 31 heavy (non-hydrogen) atoms. The number of likely N-dealkylation sites (N-methyl/N-ethyl adjacent to an activating group) is 1. The molecular formula is C23H25F2N6+. The quantitative estimate of drug-likeness (QED) is 0.432. The third-order valence-corrected chi connectivity index (χ3v) is 5.55. The normalized spacial score (nSPS) is 12.3. The van der Waals surface area contributed by atoms with Gasteiger partial charge in [0.1, 0.15) is 17.2 Å². The molecule has 0 fully saturated rings. The van der Waals surface area contributed by atoms with Gasteiger partial charge in [0.2, 0.25) is 0 Å². The van der Waals surface area contributed by atoms with Gasteiger partial charge in [-0.1, -0.05) is 18.2 Å². The summed E-state index contributed by atoms with van der Waals surface area (Å²) in [6, 6.07) is 9.35. The van der Waals surface area contributed by atoms with Gasteiger partial charge in [-0.15, -0.1) is 0 Å². The predicted molar refractivity (Wildman–Crippen MR) is 118 cm³/mol. The molecule has 0 saturated carbocycles. The van der Waals surface area contributed by atoms with Crippen LogP contribution in [-0.2, 0) is 6.42 Å². The van der Waals surface area contributed by atoms with Crippen LogP contribution in [0.15, 0.2) is 36.4 Å². The van der Waals surface area contributed by atoms with Gasteiger partial charge in [-0.05, 0) is 42.8 Å². The summed E-state index contributed by atoms with van der Waals surface area (Å²) in [5.41, 5.74) is 2.31. The second-order valence-electron chi connectivity index (χ2n) is 8.21. The van der Waals surface area contributed by atoms with E-state index in [4.69, 9.17) is 0 Å². The Kier molecular flexibility index (Phi) is 5.65. The average molecular weight is 423 g/mol. The Morgan fingerprint density at radius 1 is 1.00 bits per heavy atom. The fraction of sp³-hybridized carbons (Fsp3) is 0.261. The summed E-state index contributed by atoms with van der Waals surface area (Å²) in [7, 11) is 4.33. The van der Waals surface area contributed by atoms with Crippen LogP contribution in [0.5, 0.6) is 0 Å². The van der Waals surface area contributed by atoms with Crippen molar-refractivity contribution in [2.24, 2.45) is 0 Å². The van der Waals surface area contributed by atoms with E-state index in [0.29, 0.717) is 22.5 Å². The third kappa shape index (κ3) is 4.69. The Morgan fingerprint density at radius 3 is 2.52 bits per heavy atom. The molecule has 4 aromatic rings. The highest BCUT2D eigenvalue weighted by Gasteiger charge is 2.16. The van der Waals surface area contributed by atoms with Gasteiger partial charge in [0.05, 0.1) is 39.3 Å². The number of hydrogen-bond donors (Lipinski definition) is 2. The highest BCUT2D eigenvalue weighted by molar-refractivity contribution is 5.92. The van der Waals surface area contributed by atoms with Crippen LogP contribution in [0.1, 0.15) is 24.0 Å². The fourth-order valence-electron chi connectivity index (χ4n) is 3.21. The second kappa shape index (κ2) is 8.39. The zero-order chi connectivity index (χ0) is 22.0. The summed E-state index contributed by atoms with van der Waals surface area (Å²) < 4.78 is 28.7. The van der Waals surface area contributed by atoms with Crippen LogP contribution in [0.2, 0.25) is 0 Å². The molecule has 0 aliphatic heterocycles. The molecule has 0 spiro atoms. The van der Waals surface area contributed by atoms with Crippen molar-refractivity contribution < 1.29 is 13.3 Å². The maximum absolute atomic E-state index is 14.7. The van der Waals surface area contributed by atoms with E-state index in [0.717, 1.165) is 35.4 Å². The molecule has 4 rings (SSSR count). The van der Waals surface area contributed by atoms with Gasteiger partial charge in [0.15, 0.2) is 11.6 Å². The van der Waals surface area contributed by atoms with E-state index in [1.165, 1.54) is 18.2 Å². The molecule has 2 aromatic carbocycles. The summed E-state index contributed by atoms with van der Waals surface area (Å²) >= 11 is 0. The van der Waals surface area contributed by atoms with Crippen molar-refractivity contribution in [2.75, 3.05) is 27.2 Å². The van der Waals surface area contributed by atoms with E-state index < -0.39 is 5.82 Å². The van der Waals surface area contributed by atoms with Crippen molar-refractivity contribution in [1.82, 2.24) is 25.4 Å². The topological polar surface area (TPSA) is 70.2 Å². The highest BCUT2D eigenvalue weighted by Crippen LogP contribution is 2.27. The first-order chi connectivity index (χ1) is 14.8. The van der Waals surface area contributed by atoms with Gasteiger partial charge in [-0.3, -0.25) is 10.2 Å². The van der Waals surface area contributed by atoms with E-state index in [1.54, 1.807) is 18.2 Å². The van der Waals surface area contributed by atoms with Gasteiger partial charge in [0, 0.05) is 10.9 Å². The van der Waals surface area contributed by atoms with E-state index in [2.05, 4.69) is 46.4 Å². The van der Waals surface area contributed by atoms with Gasteiger partial charge < -0.3 is 4.48 Å². The van der Waals surface area contributed by atoms with Crippen LogP contribution >= 0.6 is 0 Å². The first-order valence-electron chi connectivity index (χ1n) is 10.2. The van der Waals surface area contributed by atoms with Crippen molar-refractivity contribution in [3.8, 4) is 11.4 Å². The number of rotatable bonds is 7. The maximum Gasteiger partial charge on any atom is 0.181 e. The number of benzene rings is 2. The lowest BCUT2D eigenvalue weighted by molar-refractivity contribution is -0.888. The molecule has 2 N–H and O–H groups in total. The zero-order valence-corrected chi connectivity index (χ0v) is 17.8. The number of aromatic amines is 2. The number of H-pyrrole nitrogens is 2. The van der Waals surface area contributed by atoms with E-state index in [-0.39, 0.29) is 11.3 Å². The molecule has 6 nitrogen and oxygen atoms in total. The van der Waals surface area contributed by atoms with E-state index in [9.17, 15) is 8.78 Å². The van der Waals surface area contributed by atoms with Crippen LogP contribution in [0.25, 0.3) is 34.4 Å². The minimum atomic E-state index is -0.444. The molecular weight excluding hydrogens is 398 g/mol. The van der Waals surface area contributed by atoms with Gasteiger partial charge in [-0.25, -0.2) is 13.8 Å². The summed E-state index contributed by atoms with van der Waals surface area (Å²) in [5, 5.41) is 14.8. The lowest BCUT2D eigenvalue weighted by Crippen LogP contribution is -2.40. The molecule has 0 aliphatic rings. The third-order valence-electron chi connectivity index (χ3n) is 5.55. The second-order valence-corrected chi connectivity index (χ2v) is 8.21. The van der Waals surface area contributed by atoms with Crippen LogP contribution in [0.3, 0.4) is 0 Å². The molecule has 8 heteroatoms. The zero-order valence-electron chi connectivity index (χ0n) is 17.8. The number of aromatic nitrogens is 5. The van der Waals surface area contributed by atoms with Crippen LogP contribution < -0.4 is 0 Å². The standard InChI is InChI=1S/C23H25F2N6/c1-4-31(2,3)12-11-21-26-23(30-28-21)16-13-18-20(27-29-22(18)19(25)14-16)10-7-15-5-8-17(24)9-6-15/h5-10,13-14H,4,11-12H2,1-3H3,(H,27,29)(H,26,28,30)/q+1. The van der Waals surface area contributed by atoms with Crippen LogP contribution in [-0.4, -0.2) is 57.0 Å². The number of halogens is 2. The minimum Gasteiger partial charge on any atom is -0.328 e. The number of nitrogens with zero attached hydrogens (tertiary/aromatic N) is 4. The lowest BCUT2D eigenvalue weighted by Gasteiger charge is -2.27. The van der Waals surface area contributed by atoms with E-state index >= 15 is 0 Å². The van der Waals surface area contributed by atoms with Crippen molar-refractivity contribution in [3.63, 3.8) is 0 Å². The first-order valence-corrected chi connectivity index (χ1v) is 10.2. The SMILES string of the molecule is CC[N+](C)(C)CCc1nc(-c2cc(F)c3n[nH]c(C=Cc4ccc(F)cc4)c3c2)n[nH]1. The summed E-state index contributed by atoms with van der Waals surface area (Å²) in [4.78, 5) is 4.55. The molecule has 2 heterocycles. The molecule has 0 saturated heterocycles. The Morgan fingerprint density at radius 2 is 1.77 bits per heavy atom. The molecule has 0 radical (unpaired) electrons. The van der Waals surface area contributed by atoms with Crippen molar-refractivity contribution in [1.29, 1.82) is 0 Å². The number of hydrogen-bond acceptors (Lipinski definition) is 3. The maximum atomic E-state index is 14.7. The Hall–Kier alpha value is -3.39. The predicted octanol–water partition coefficient (Wildman–Crippen LogP) is 4.44. The lowest BCUT2D eigenvalue weighted by atomic mass is 10.1. The highest BCUT2D eigenvalue weighted by atomic mass is 19.1. The molecule has 160 valence electrons. The monoisotopic (exact) mass is 423 g/mol. The molecule has 0 amide bonds. The Labute approximate surface area is 179 Å². The minimum absolute atomic E-state index is 0.250. The van der Waals surface area contributed by atoms with Crippen molar-refractivity contribution in [3.05, 3.63) is 65.1 Å². The van der Waals surface area contributed by atoms with Crippen LogP contribution in [0, 0.1) is 11.6 Å². The van der Waals surface area contributed by atoms with Gasteiger partial charge in [0.25, 0.3) is 0 Å². The van der Waals surface area contributed by atoms with Crippen LogP contribution in [0.4, 0.5) is 8.78 Å². The Balaban J connectivity index is 1.61. The van der Waals surface area contributed by atoms with Crippen molar-refractivity contribution >= 4 is 23.1 Å². The fourth-order valence-corrected chi connectivity index (χ4v) is 3.21. The summed E-state index contributed by atoms with van der Waals surface area (Å²) in [6.45, 7) is 4.10. The molecule has 0 atom stereocenters. The van der Waals surface area contributed by atoms with Crippen molar-refractivity contribution in [2.45, 2.75) is 13.3 Å². The molecule has 0 aliphatic carbocycles. The average Bonchev–Trinajstić information content (AvgIpc) is 3.39. The first kappa shape index (κ1) is 20.9.